The van der Waals surface area contributed by atoms with E-state index in [1.165, 1.54) is 18.4 Å². The first-order valence-corrected chi connectivity index (χ1v) is 10.1. The Bertz CT molecular complexity index is 1040. The zero-order valence-electron chi connectivity index (χ0n) is 13.6. The van der Waals surface area contributed by atoms with Crippen LogP contribution < -0.4 is 0 Å². The van der Waals surface area contributed by atoms with E-state index in [2.05, 4.69) is 30.4 Å². The zero-order valence-corrected chi connectivity index (χ0v) is 16.0. The lowest BCUT2D eigenvalue weighted by atomic mass is 10.1. The highest BCUT2D eigenvalue weighted by molar-refractivity contribution is 9.10. The first-order chi connectivity index (χ1) is 11.8. The molecular formula is C17H15BrFN3O2S. The zero-order chi connectivity index (χ0) is 18.0. The average molecular weight is 424 g/mol. The van der Waals surface area contributed by atoms with Crippen molar-refractivity contribution in [3.63, 3.8) is 0 Å². The molecule has 1 atom stereocenters. The summed E-state index contributed by atoms with van der Waals surface area (Å²) in [6.45, 7) is 1.91. The van der Waals surface area contributed by atoms with Crippen LogP contribution in [0.3, 0.4) is 0 Å². The van der Waals surface area contributed by atoms with E-state index >= 15 is 0 Å². The number of hydrogen-bond acceptors (Lipinski definition) is 5. The molecule has 8 heteroatoms. The Morgan fingerprint density at radius 3 is 2.76 bits per heavy atom. The lowest BCUT2D eigenvalue weighted by molar-refractivity contribution is 0.394. The molecule has 1 aromatic heterocycles. The smallest absolute Gasteiger partial charge is 0.223 e. The molecule has 0 N–H and O–H groups in total. The van der Waals surface area contributed by atoms with Gasteiger partial charge in [0.1, 0.15) is 5.82 Å². The Morgan fingerprint density at radius 1 is 1.28 bits per heavy atom. The molecular weight excluding hydrogens is 409 g/mol. The van der Waals surface area contributed by atoms with E-state index in [4.69, 9.17) is 4.52 Å². The minimum atomic E-state index is -2.85. The van der Waals surface area contributed by atoms with Gasteiger partial charge in [0, 0.05) is 23.2 Å². The molecule has 3 rings (SSSR count). The van der Waals surface area contributed by atoms with Crippen LogP contribution in [0.15, 0.2) is 60.7 Å². The van der Waals surface area contributed by atoms with E-state index in [0.717, 1.165) is 11.1 Å². The fourth-order valence-electron chi connectivity index (χ4n) is 2.27. The van der Waals surface area contributed by atoms with E-state index in [-0.39, 0.29) is 11.4 Å². The molecule has 0 aliphatic carbocycles. The van der Waals surface area contributed by atoms with Crippen molar-refractivity contribution in [1.82, 2.24) is 10.1 Å². The van der Waals surface area contributed by atoms with E-state index in [1.807, 2.05) is 24.3 Å². The van der Waals surface area contributed by atoms with Gasteiger partial charge in [-0.2, -0.15) is 4.98 Å². The number of aromatic nitrogens is 2. The molecule has 0 bridgehead atoms. The lowest BCUT2D eigenvalue weighted by Crippen LogP contribution is -2.02. The maximum absolute atomic E-state index is 14.1. The van der Waals surface area contributed by atoms with Gasteiger partial charge in [0.15, 0.2) is 0 Å². The second kappa shape index (κ2) is 7.05. The molecule has 0 saturated heterocycles. The van der Waals surface area contributed by atoms with E-state index < -0.39 is 15.5 Å². The summed E-state index contributed by atoms with van der Waals surface area (Å²) < 4.78 is 36.7. The summed E-state index contributed by atoms with van der Waals surface area (Å²) in [5.74, 6) is 0.421. The van der Waals surface area contributed by atoms with Crippen molar-refractivity contribution in [3.8, 4) is 11.4 Å². The number of halogens is 2. The van der Waals surface area contributed by atoms with Crippen LogP contribution in [0.1, 0.15) is 11.5 Å². The van der Waals surface area contributed by atoms with Gasteiger partial charge in [-0.1, -0.05) is 39.3 Å². The molecule has 3 aromatic rings. The molecule has 0 aliphatic heterocycles. The predicted molar refractivity (Wildman–Crippen MR) is 97.0 cm³/mol. The summed E-state index contributed by atoms with van der Waals surface area (Å²) in [7, 11) is -2.85. The monoisotopic (exact) mass is 423 g/mol. The quantitative estimate of drug-likeness (QED) is 0.614. The molecule has 0 amide bonds. The Labute approximate surface area is 153 Å². The molecule has 130 valence electrons. The number of hydrogen-bond donors (Lipinski definition) is 0. The van der Waals surface area contributed by atoms with Crippen LogP contribution in [0.4, 0.5) is 4.39 Å². The lowest BCUT2D eigenvalue weighted by Gasteiger charge is -2.07. The standard InChI is InChI=1S/C17H15BrFN3O2S/c1-11-21-17(22-24-11)13-5-3-4-12(8-13)10-20-25(2,23)16-7-6-14(18)9-15(16)19/h3-9H,10H2,1-2H3. The number of rotatable bonds is 4. The van der Waals surface area contributed by atoms with Crippen molar-refractivity contribution < 1.29 is 13.1 Å². The summed E-state index contributed by atoms with van der Waals surface area (Å²) in [4.78, 5) is 4.28. The van der Waals surface area contributed by atoms with Crippen molar-refractivity contribution >= 4 is 25.7 Å². The van der Waals surface area contributed by atoms with Crippen LogP contribution in [0.25, 0.3) is 11.4 Å². The molecule has 0 saturated carbocycles. The van der Waals surface area contributed by atoms with Crippen molar-refractivity contribution in [1.29, 1.82) is 0 Å². The molecule has 0 aliphatic rings. The number of aryl methyl sites for hydroxylation is 1. The maximum Gasteiger partial charge on any atom is 0.223 e. The van der Waals surface area contributed by atoms with Gasteiger partial charge in [-0.25, -0.2) is 13.0 Å². The van der Waals surface area contributed by atoms with Crippen LogP contribution in [-0.4, -0.2) is 20.6 Å². The van der Waals surface area contributed by atoms with Crippen LogP contribution in [0.2, 0.25) is 0 Å². The predicted octanol–water partition coefficient (Wildman–Crippen LogP) is 4.60. The number of nitrogens with zero attached hydrogens (tertiary/aromatic N) is 3. The highest BCUT2D eigenvalue weighted by atomic mass is 79.9. The second-order valence-electron chi connectivity index (χ2n) is 5.50. The molecule has 2 aromatic carbocycles. The van der Waals surface area contributed by atoms with Gasteiger partial charge in [0.05, 0.1) is 21.2 Å². The van der Waals surface area contributed by atoms with E-state index in [1.54, 1.807) is 13.0 Å². The van der Waals surface area contributed by atoms with E-state index in [0.29, 0.717) is 16.2 Å². The van der Waals surface area contributed by atoms with Gasteiger partial charge in [0.2, 0.25) is 11.7 Å². The van der Waals surface area contributed by atoms with E-state index in [9.17, 15) is 8.60 Å². The Kier molecular flexibility index (Phi) is 5.01. The minimum absolute atomic E-state index is 0.0978. The average Bonchev–Trinajstić information content (AvgIpc) is 2.99. The third kappa shape index (κ3) is 4.13. The fourth-order valence-corrected chi connectivity index (χ4v) is 3.88. The van der Waals surface area contributed by atoms with Crippen LogP contribution in [-0.2, 0) is 16.3 Å². The fraction of sp³-hybridized carbons (Fsp3) is 0.176. The van der Waals surface area contributed by atoms with Gasteiger partial charge >= 0.3 is 0 Å². The third-order valence-corrected chi connectivity index (χ3v) is 5.77. The van der Waals surface area contributed by atoms with Crippen molar-refractivity contribution in [3.05, 3.63) is 64.2 Å². The molecule has 5 nitrogen and oxygen atoms in total. The summed E-state index contributed by atoms with van der Waals surface area (Å²) in [6.07, 6.45) is 1.44. The van der Waals surface area contributed by atoms with Crippen LogP contribution in [0.5, 0.6) is 0 Å². The molecule has 1 heterocycles. The second-order valence-corrected chi connectivity index (χ2v) is 8.72. The molecule has 1 unspecified atom stereocenters. The van der Waals surface area contributed by atoms with Gasteiger partial charge in [-0.3, -0.25) is 0 Å². The van der Waals surface area contributed by atoms with Gasteiger partial charge in [-0.15, -0.1) is 0 Å². The van der Waals surface area contributed by atoms with Crippen molar-refractivity contribution in [2.45, 2.75) is 18.4 Å². The Balaban J connectivity index is 1.89. The topological polar surface area (TPSA) is 68.3 Å². The Hall–Kier alpha value is -2.06. The highest BCUT2D eigenvalue weighted by Crippen LogP contribution is 2.22. The van der Waals surface area contributed by atoms with Crippen molar-refractivity contribution in [2.24, 2.45) is 4.36 Å². The summed E-state index contributed by atoms with van der Waals surface area (Å²) in [6, 6.07) is 11.8. The largest absolute Gasteiger partial charge is 0.339 e. The van der Waals surface area contributed by atoms with Crippen LogP contribution in [0, 0.1) is 12.7 Å². The molecule has 25 heavy (non-hydrogen) atoms. The molecule has 0 fully saturated rings. The molecule has 0 radical (unpaired) electrons. The highest BCUT2D eigenvalue weighted by Gasteiger charge is 2.13. The first-order valence-electron chi connectivity index (χ1n) is 7.38. The van der Waals surface area contributed by atoms with Gasteiger partial charge in [-0.05, 0) is 29.8 Å². The Morgan fingerprint density at radius 2 is 2.08 bits per heavy atom. The van der Waals surface area contributed by atoms with Gasteiger partial charge < -0.3 is 4.52 Å². The summed E-state index contributed by atoms with van der Waals surface area (Å²) >= 11 is 3.19. The summed E-state index contributed by atoms with van der Waals surface area (Å²) in [5, 5.41) is 3.88. The normalized spacial score (nSPS) is 13.4. The molecule has 0 spiro atoms. The third-order valence-electron chi connectivity index (χ3n) is 3.51. The van der Waals surface area contributed by atoms with Gasteiger partial charge in [0.25, 0.3) is 0 Å². The van der Waals surface area contributed by atoms with Crippen LogP contribution >= 0.6 is 15.9 Å². The number of benzene rings is 2. The summed E-state index contributed by atoms with van der Waals surface area (Å²) in [5.41, 5.74) is 1.61. The minimum Gasteiger partial charge on any atom is -0.339 e. The van der Waals surface area contributed by atoms with Crippen molar-refractivity contribution in [2.75, 3.05) is 6.26 Å². The SMILES string of the molecule is Cc1nc(-c2cccc(CN=S(C)(=O)c3ccc(Br)cc3F)c2)no1. The first kappa shape index (κ1) is 17.8. The maximum atomic E-state index is 14.1.